The van der Waals surface area contributed by atoms with E-state index in [-0.39, 0.29) is 5.41 Å². The molecule has 0 bridgehead atoms. The molecule has 0 atom stereocenters. The van der Waals surface area contributed by atoms with Gasteiger partial charge in [-0.15, -0.1) is 0 Å². The monoisotopic (exact) mass is 267 g/mol. The first-order valence-corrected chi connectivity index (χ1v) is 7.26. The summed E-state index contributed by atoms with van der Waals surface area (Å²) < 4.78 is 5.93. The molecule has 0 heterocycles. The quantitative estimate of drug-likeness (QED) is 0.742. The Kier molecular flexibility index (Phi) is 4.63. The second-order valence-corrected chi connectivity index (χ2v) is 5.17. The van der Waals surface area contributed by atoms with Crippen LogP contribution in [-0.2, 0) is 0 Å². The first kappa shape index (κ1) is 14.4. The van der Waals surface area contributed by atoms with Crippen molar-refractivity contribution in [3.8, 4) is 11.8 Å². The van der Waals surface area contributed by atoms with Crippen LogP contribution in [0.1, 0.15) is 33.1 Å². The smallest absolute Gasteiger partial charge is 0.127 e. The molecule has 0 unspecified atom stereocenters. The van der Waals surface area contributed by atoms with Gasteiger partial charge in [0, 0.05) is 11.8 Å². The highest BCUT2D eigenvalue weighted by atomic mass is 16.5. The molecule has 0 radical (unpaired) electrons. The molecule has 0 aliphatic rings. The van der Waals surface area contributed by atoms with Gasteiger partial charge in [-0.2, -0.15) is 5.26 Å². The molecular weight excluding hydrogens is 246 g/mol. The maximum Gasteiger partial charge on any atom is 0.127 e. The van der Waals surface area contributed by atoms with Crippen LogP contribution in [0, 0.1) is 16.7 Å². The van der Waals surface area contributed by atoms with E-state index < -0.39 is 0 Å². The molecule has 0 fully saturated rings. The Morgan fingerprint density at radius 2 is 1.75 bits per heavy atom. The van der Waals surface area contributed by atoms with E-state index in [0.29, 0.717) is 6.61 Å². The highest BCUT2D eigenvalue weighted by Gasteiger charge is 2.25. The van der Waals surface area contributed by atoms with Gasteiger partial charge in [0.15, 0.2) is 0 Å². The number of hydrogen-bond donors (Lipinski definition) is 0. The maximum atomic E-state index is 9.34. The lowest BCUT2D eigenvalue weighted by Gasteiger charge is -2.23. The average molecular weight is 267 g/mol. The van der Waals surface area contributed by atoms with Gasteiger partial charge in [-0.25, -0.2) is 0 Å². The van der Waals surface area contributed by atoms with E-state index in [4.69, 9.17) is 4.74 Å². The third kappa shape index (κ3) is 2.93. The van der Waals surface area contributed by atoms with Gasteiger partial charge in [0.25, 0.3) is 0 Å². The first-order chi connectivity index (χ1) is 9.74. The zero-order valence-electron chi connectivity index (χ0n) is 12.2. The van der Waals surface area contributed by atoms with E-state index in [1.54, 1.807) is 0 Å². The van der Waals surface area contributed by atoms with Gasteiger partial charge < -0.3 is 4.74 Å². The summed E-state index contributed by atoms with van der Waals surface area (Å²) in [4.78, 5) is 0. The molecule has 2 aromatic rings. The average Bonchev–Trinajstić information content (AvgIpc) is 2.52. The molecule has 20 heavy (non-hydrogen) atoms. The van der Waals surface area contributed by atoms with E-state index in [1.165, 1.54) is 5.39 Å². The van der Waals surface area contributed by atoms with Gasteiger partial charge in [0.1, 0.15) is 5.75 Å². The highest BCUT2D eigenvalue weighted by Crippen LogP contribution is 2.31. The Morgan fingerprint density at radius 1 is 1.05 bits per heavy atom. The van der Waals surface area contributed by atoms with Gasteiger partial charge >= 0.3 is 0 Å². The van der Waals surface area contributed by atoms with E-state index in [0.717, 1.165) is 30.4 Å². The van der Waals surface area contributed by atoms with Crippen LogP contribution >= 0.6 is 0 Å². The third-order valence-electron chi connectivity index (χ3n) is 4.18. The summed E-state index contributed by atoms with van der Waals surface area (Å²) in [5, 5.41) is 11.7. The number of nitriles is 1. The zero-order chi connectivity index (χ0) is 14.4. The van der Waals surface area contributed by atoms with Crippen molar-refractivity contribution in [2.24, 2.45) is 5.41 Å². The number of nitrogens with zero attached hydrogens (tertiary/aromatic N) is 1. The predicted octanol–water partition coefficient (Wildman–Crippen LogP) is 4.94. The summed E-state index contributed by atoms with van der Waals surface area (Å²) in [5.41, 5.74) is -0.245. The molecule has 0 saturated carbocycles. The molecule has 0 aliphatic heterocycles. The fourth-order valence-electron chi connectivity index (χ4n) is 2.50. The van der Waals surface area contributed by atoms with Gasteiger partial charge in [0.05, 0.1) is 18.1 Å². The molecule has 2 heteroatoms. The van der Waals surface area contributed by atoms with Crippen molar-refractivity contribution in [3.63, 3.8) is 0 Å². The predicted molar refractivity (Wildman–Crippen MR) is 82.7 cm³/mol. The van der Waals surface area contributed by atoms with Crippen molar-refractivity contribution in [1.29, 1.82) is 5.26 Å². The van der Waals surface area contributed by atoms with Crippen LogP contribution < -0.4 is 4.74 Å². The van der Waals surface area contributed by atoms with Crippen LogP contribution in [0.25, 0.3) is 10.8 Å². The fraction of sp³-hybridized carbons (Fsp3) is 0.389. The van der Waals surface area contributed by atoms with Crippen LogP contribution in [-0.4, -0.2) is 6.61 Å². The molecule has 0 aliphatic carbocycles. The van der Waals surface area contributed by atoms with E-state index >= 15 is 0 Å². The normalized spacial score (nSPS) is 11.2. The summed E-state index contributed by atoms with van der Waals surface area (Å²) in [7, 11) is 0. The standard InChI is InChI=1S/C18H21NO/c1-3-18(4-2,14-19)12-13-20-17-11-7-9-15-8-5-6-10-16(15)17/h5-11H,3-4,12-13H2,1-2H3. The summed E-state index contributed by atoms with van der Waals surface area (Å²) in [6, 6.07) is 16.7. The summed E-state index contributed by atoms with van der Waals surface area (Å²) >= 11 is 0. The van der Waals surface area contributed by atoms with Crippen molar-refractivity contribution in [2.75, 3.05) is 6.61 Å². The zero-order valence-corrected chi connectivity index (χ0v) is 12.2. The van der Waals surface area contributed by atoms with E-state index in [1.807, 2.05) is 24.3 Å². The molecule has 2 aromatic carbocycles. The molecule has 0 aromatic heterocycles. The molecule has 0 amide bonds. The van der Waals surface area contributed by atoms with Crippen molar-refractivity contribution in [2.45, 2.75) is 33.1 Å². The van der Waals surface area contributed by atoms with Gasteiger partial charge in [0.2, 0.25) is 0 Å². The lowest BCUT2D eigenvalue weighted by molar-refractivity contribution is 0.233. The minimum atomic E-state index is -0.245. The molecule has 0 N–H and O–H groups in total. The summed E-state index contributed by atoms with van der Waals surface area (Å²) in [6.07, 6.45) is 2.53. The molecular formula is C18H21NO. The summed E-state index contributed by atoms with van der Waals surface area (Å²) in [6.45, 7) is 4.73. The molecule has 0 saturated heterocycles. The number of rotatable bonds is 6. The lowest BCUT2D eigenvalue weighted by atomic mass is 9.81. The highest BCUT2D eigenvalue weighted by molar-refractivity contribution is 5.88. The maximum absolute atomic E-state index is 9.34. The number of ether oxygens (including phenoxy) is 1. The molecule has 2 rings (SSSR count). The number of benzene rings is 2. The van der Waals surface area contributed by atoms with Crippen LogP contribution in [0.3, 0.4) is 0 Å². The van der Waals surface area contributed by atoms with Crippen LogP contribution in [0.15, 0.2) is 42.5 Å². The van der Waals surface area contributed by atoms with Crippen molar-refractivity contribution in [3.05, 3.63) is 42.5 Å². The Balaban J connectivity index is 2.09. The van der Waals surface area contributed by atoms with Crippen LogP contribution in [0.4, 0.5) is 0 Å². The Bertz CT molecular complexity index is 603. The molecule has 0 spiro atoms. The first-order valence-electron chi connectivity index (χ1n) is 7.26. The minimum absolute atomic E-state index is 0.245. The van der Waals surface area contributed by atoms with E-state index in [9.17, 15) is 5.26 Å². The lowest BCUT2D eigenvalue weighted by Crippen LogP contribution is -2.19. The van der Waals surface area contributed by atoms with Gasteiger partial charge in [-0.1, -0.05) is 50.2 Å². The van der Waals surface area contributed by atoms with Crippen molar-refractivity contribution < 1.29 is 4.74 Å². The second-order valence-electron chi connectivity index (χ2n) is 5.17. The topological polar surface area (TPSA) is 33.0 Å². The molecule has 104 valence electrons. The number of fused-ring (bicyclic) bond motifs is 1. The minimum Gasteiger partial charge on any atom is -0.493 e. The Hall–Kier alpha value is -2.01. The van der Waals surface area contributed by atoms with Crippen LogP contribution in [0.2, 0.25) is 0 Å². The van der Waals surface area contributed by atoms with E-state index in [2.05, 4.69) is 38.1 Å². The number of hydrogen-bond acceptors (Lipinski definition) is 2. The third-order valence-corrected chi connectivity index (χ3v) is 4.18. The van der Waals surface area contributed by atoms with Gasteiger partial charge in [-0.3, -0.25) is 0 Å². The summed E-state index contributed by atoms with van der Waals surface area (Å²) in [5.74, 6) is 0.905. The Labute approximate surface area is 121 Å². The fourth-order valence-corrected chi connectivity index (χ4v) is 2.50. The SMILES string of the molecule is CCC(C#N)(CC)CCOc1cccc2ccccc12. The van der Waals surface area contributed by atoms with Gasteiger partial charge in [-0.05, 0) is 24.3 Å². The largest absolute Gasteiger partial charge is 0.493 e. The van der Waals surface area contributed by atoms with Crippen molar-refractivity contribution >= 4 is 10.8 Å². The second kappa shape index (κ2) is 6.43. The Morgan fingerprint density at radius 3 is 2.45 bits per heavy atom. The molecule has 2 nitrogen and oxygen atoms in total. The van der Waals surface area contributed by atoms with Crippen LogP contribution in [0.5, 0.6) is 5.75 Å². The van der Waals surface area contributed by atoms with Crippen molar-refractivity contribution in [1.82, 2.24) is 0 Å².